The van der Waals surface area contributed by atoms with Crippen LogP contribution >= 0.6 is 0 Å². The van der Waals surface area contributed by atoms with Gasteiger partial charge in [0.1, 0.15) is 0 Å². The van der Waals surface area contributed by atoms with Crippen LogP contribution < -0.4 is 10.6 Å². The lowest BCUT2D eigenvalue weighted by Gasteiger charge is -2.30. The van der Waals surface area contributed by atoms with E-state index in [1.165, 1.54) is 6.08 Å². The first-order valence-corrected chi connectivity index (χ1v) is 8.05. The van der Waals surface area contributed by atoms with Gasteiger partial charge in [-0.15, -0.1) is 0 Å². The smallest absolute Gasteiger partial charge is 0.251 e. The minimum absolute atomic E-state index is 0.0489. The van der Waals surface area contributed by atoms with Gasteiger partial charge in [0.15, 0.2) is 0 Å². The number of carbonyl (C=O) groups excluding carboxylic acids is 2. The second kappa shape index (κ2) is 8.48. The van der Waals surface area contributed by atoms with Crippen molar-refractivity contribution in [1.29, 1.82) is 0 Å². The van der Waals surface area contributed by atoms with Gasteiger partial charge in [0, 0.05) is 30.7 Å². The number of rotatable bonds is 6. The average molecular weight is 316 g/mol. The van der Waals surface area contributed by atoms with Gasteiger partial charge in [-0.3, -0.25) is 9.59 Å². The Bertz CT molecular complexity index is 554. The number of benzene rings is 1. The minimum Gasteiger partial charge on any atom is -0.396 e. The quantitative estimate of drug-likeness (QED) is 0.700. The summed E-state index contributed by atoms with van der Waals surface area (Å²) in [6.07, 6.45) is 5.31. The Kier molecular flexibility index (Phi) is 6.35. The van der Waals surface area contributed by atoms with Crippen LogP contribution in [-0.4, -0.2) is 29.6 Å². The van der Waals surface area contributed by atoms with Crippen molar-refractivity contribution in [1.82, 2.24) is 10.6 Å². The van der Waals surface area contributed by atoms with Crippen molar-refractivity contribution in [3.8, 4) is 0 Å². The van der Waals surface area contributed by atoms with Crippen LogP contribution in [-0.2, 0) is 11.3 Å². The predicted molar refractivity (Wildman–Crippen MR) is 88.8 cm³/mol. The number of nitrogens with one attached hydrogen (secondary N) is 2. The molecular formula is C18H24N2O3. The third-order valence-corrected chi connectivity index (χ3v) is 4.33. The molecule has 0 radical (unpaired) electrons. The van der Waals surface area contributed by atoms with E-state index in [4.69, 9.17) is 0 Å². The first kappa shape index (κ1) is 17.2. The van der Waals surface area contributed by atoms with Crippen LogP contribution in [0.2, 0.25) is 0 Å². The van der Waals surface area contributed by atoms with Gasteiger partial charge in [0.05, 0.1) is 0 Å². The Balaban J connectivity index is 1.91. The van der Waals surface area contributed by atoms with E-state index in [0.717, 1.165) is 31.2 Å². The van der Waals surface area contributed by atoms with Crippen molar-refractivity contribution < 1.29 is 14.7 Å². The van der Waals surface area contributed by atoms with Crippen LogP contribution in [0.15, 0.2) is 36.9 Å². The molecule has 0 aliphatic heterocycles. The zero-order valence-corrected chi connectivity index (χ0v) is 13.3. The first-order valence-electron chi connectivity index (χ1n) is 8.05. The summed E-state index contributed by atoms with van der Waals surface area (Å²) in [6.45, 7) is 3.92. The summed E-state index contributed by atoms with van der Waals surface area (Å²) in [5, 5.41) is 15.1. The summed E-state index contributed by atoms with van der Waals surface area (Å²) in [5.41, 5.74) is 1.51. The highest BCUT2D eigenvalue weighted by atomic mass is 16.3. The van der Waals surface area contributed by atoms with E-state index < -0.39 is 0 Å². The molecule has 0 aromatic heterocycles. The van der Waals surface area contributed by atoms with Crippen molar-refractivity contribution in [3.05, 3.63) is 48.0 Å². The van der Waals surface area contributed by atoms with Gasteiger partial charge in [0.25, 0.3) is 5.91 Å². The fraction of sp³-hybridized carbons (Fsp3) is 0.444. The molecule has 1 fully saturated rings. The highest BCUT2D eigenvalue weighted by Gasteiger charge is 2.26. The zero-order valence-electron chi connectivity index (χ0n) is 13.3. The number of amides is 2. The van der Waals surface area contributed by atoms with E-state index in [1.54, 1.807) is 12.1 Å². The molecule has 0 heterocycles. The lowest BCUT2D eigenvalue weighted by Crippen LogP contribution is -2.43. The molecule has 1 aromatic rings. The Morgan fingerprint density at radius 2 is 1.91 bits per heavy atom. The van der Waals surface area contributed by atoms with Crippen LogP contribution in [0.5, 0.6) is 0 Å². The Hall–Kier alpha value is -2.14. The minimum atomic E-state index is -0.223. The summed E-state index contributed by atoms with van der Waals surface area (Å²) in [6, 6.07) is 7.20. The number of aliphatic hydroxyl groups excluding tert-OH is 1. The Morgan fingerprint density at radius 3 is 2.57 bits per heavy atom. The molecule has 5 nitrogen and oxygen atoms in total. The maximum Gasteiger partial charge on any atom is 0.251 e. The topological polar surface area (TPSA) is 78.4 Å². The van der Waals surface area contributed by atoms with Crippen molar-refractivity contribution in [2.45, 2.75) is 38.3 Å². The molecule has 2 atom stereocenters. The standard InChI is InChI=1S/C18H24N2O3/c1-2-17(22)19-11-13-7-9-14(10-8-13)18(23)20-16-6-4-3-5-15(16)12-21/h2,7-10,15-16,21H,1,3-6,11-12H2,(H,19,22)(H,20,23). The summed E-state index contributed by atoms with van der Waals surface area (Å²) >= 11 is 0. The molecule has 3 N–H and O–H groups in total. The molecular weight excluding hydrogens is 292 g/mol. The van der Waals surface area contributed by atoms with E-state index in [9.17, 15) is 14.7 Å². The number of hydrogen-bond donors (Lipinski definition) is 3. The van der Waals surface area contributed by atoms with E-state index in [1.807, 2.05) is 12.1 Å². The average Bonchev–Trinajstić information content (AvgIpc) is 2.60. The summed E-state index contributed by atoms with van der Waals surface area (Å²) in [5.74, 6) is -0.183. The monoisotopic (exact) mass is 316 g/mol. The molecule has 2 unspecified atom stereocenters. The molecule has 124 valence electrons. The molecule has 2 rings (SSSR count). The van der Waals surface area contributed by atoms with Gasteiger partial charge in [-0.05, 0) is 36.6 Å². The fourth-order valence-electron chi connectivity index (χ4n) is 2.90. The third-order valence-electron chi connectivity index (χ3n) is 4.33. The summed E-state index contributed by atoms with van der Waals surface area (Å²) in [4.78, 5) is 23.4. The summed E-state index contributed by atoms with van der Waals surface area (Å²) in [7, 11) is 0. The van der Waals surface area contributed by atoms with Gasteiger partial charge >= 0.3 is 0 Å². The Morgan fingerprint density at radius 1 is 1.22 bits per heavy atom. The molecule has 1 aromatic carbocycles. The second-order valence-corrected chi connectivity index (χ2v) is 5.93. The fourth-order valence-corrected chi connectivity index (χ4v) is 2.90. The van der Waals surface area contributed by atoms with E-state index in [2.05, 4.69) is 17.2 Å². The number of hydrogen-bond acceptors (Lipinski definition) is 3. The predicted octanol–water partition coefficient (Wildman–Crippen LogP) is 1.77. The van der Waals surface area contributed by atoms with Gasteiger partial charge in [-0.25, -0.2) is 0 Å². The van der Waals surface area contributed by atoms with Crippen LogP contribution in [0, 0.1) is 5.92 Å². The molecule has 0 saturated heterocycles. The largest absolute Gasteiger partial charge is 0.396 e. The molecule has 1 saturated carbocycles. The second-order valence-electron chi connectivity index (χ2n) is 5.93. The molecule has 5 heteroatoms. The van der Waals surface area contributed by atoms with Gasteiger partial charge in [-0.2, -0.15) is 0 Å². The van der Waals surface area contributed by atoms with Crippen molar-refractivity contribution in [3.63, 3.8) is 0 Å². The summed E-state index contributed by atoms with van der Waals surface area (Å²) < 4.78 is 0. The number of carbonyl (C=O) groups is 2. The van der Waals surface area contributed by atoms with Crippen molar-refractivity contribution >= 4 is 11.8 Å². The normalized spacial score (nSPS) is 20.6. The van der Waals surface area contributed by atoms with E-state index in [-0.39, 0.29) is 30.4 Å². The van der Waals surface area contributed by atoms with E-state index in [0.29, 0.717) is 12.1 Å². The van der Waals surface area contributed by atoms with Crippen molar-refractivity contribution in [2.24, 2.45) is 5.92 Å². The molecule has 2 amide bonds. The third kappa shape index (κ3) is 4.93. The zero-order chi connectivity index (χ0) is 16.7. The van der Waals surface area contributed by atoms with Gasteiger partial charge in [0.2, 0.25) is 5.91 Å². The lowest BCUT2D eigenvalue weighted by atomic mass is 9.85. The molecule has 1 aliphatic carbocycles. The molecule has 23 heavy (non-hydrogen) atoms. The maximum atomic E-state index is 12.3. The van der Waals surface area contributed by atoms with Crippen molar-refractivity contribution in [2.75, 3.05) is 6.61 Å². The molecule has 0 spiro atoms. The molecule has 0 bridgehead atoms. The highest BCUT2D eigenvalue weighted by Crippen LogP contribution is 2.24. The van der Waals surface area contributed by atoms with Gasteiger partial charge < -0.3 is 15.7 Å². The lowest BCUT2D eigenvalue weighted by molar-refractivity contribution is -0.116. The van der Waals surface area contributed by atoms with Gasteiger partial charge in [-0.1, -0.05) is 31.6 Å². The highest BCUT2D eigenvalue weighted by molar-refractivity contribution is 5.94. The first-order chi connectivity index (χ1) is 11.1. The number of aliphatic hydroxyl groups is 1. The maximum absolute atomic E-state index is 12.3. The van der Waals surface area contributed by atoms with Crippen LogP contribution in [0.25, 0.3) is 0 Å². The van der Waals surface area contributed by atoms with Crippen LogP contribution in [0.4, 0.5) is 0 Å². The Labute approximate surface area is 136 Å². The SMILES string of the molecule is C=CC(=O)NCc1ccc(C(=O)NC2CCCCC2CO)cc1. The van der Waals surface area contributed by atoms with E-state index >= 15 is 0 Å². The van der Waals surface area contributed by atoms with Crippen LogP contribution in [0.1, 0.15) is 41.6 Å². The molecule has 1 aliphatic rings. The van der Waals surface area contributed by atoms with Crippen LogP contribution in [0.3, 0.4) is 0 Å².